The Hall–Kier alpha value is -2.33. The number of amides is 1. The minimum absolute atomic E-state index is 0.00304. The highest BCUT2D eigenvalue weighted by Gasteiger charge is 2.19. The molecular weight excluding hydrogens is 324 g/mol. The number of hydrogen-bond donors (Lipinski definition) is 1. The van der Waals surface area contributed by atoms with Crippen molar-refractivity contribution in [1.82, 2.24) is 10.2 Å². The third-order valence-electron chi connectivity index (χ3n) is 5.29. The molecule has 0 unspecified atom stereocenters. The summed E-state index contributed by atoms with van der Waals surface area (Å²) in [4.78, 5) is 15.0. The van der Waals surface area contributed by atoms with E-state index in [2.05, 4.69) is 41.4 Å². The molecule has 0 fully saturated rings. The van der Waals surface area contributed by atoms with E-state index < -0.39 is 0 Å². The van der Waals surface area contributed by atoms with Crippen LogP contribution < -0.4 is 10.1 Å². The topological polar surface area (TPSA) is 41.6 Å². The van der Waals surface area contributed by atoms with Crippen molar-refractivity contribution < 1.29 is 9.53 Å². The van der Waals surface area contributed by atoms with Crippen LogP contribution in [0.5, 0.6) is 5.75 Å². The fraction of sp³-hybridized carbons (Fsp3) is 0.409. The van der Waals surface area contributed by atoms with Crippen LogP contribution in [0.1, 0.15) is 40.4 Å². The highest BCUT2D eigenvalue weighted by Crippen LogP contribution is 2.25. The molecule has 0 bridgehead atoms. The SMILES string of the molecule is C[C@H](CN1CCc2ccccc2C1)NC(=O)c1ccc2c(c1)CCCO2. The Morgan fingerprint density at radius 1 is 1.15 bits per heavy atom. The van der Waals surface area contributed by atoms with E-state index in [1.165, 1.54) is 11.1 Å². The normalized spacial score (nSPS) is 17.6. The molecule has 0 aromatic heterocycles. The van der Waals surface area contributed by atoms with Crippen molar-refractivity contribution in [2.75, 3.05) is 19.7 Å². The maximum Gasteiger partial charge on any atom is 0.251 e. The Kier molecular flexibility index (Phi) is 4.93. The predicted octanol–water partition coefficient (Wildman–Crippen LogP) is 3.19. The van der Waals surface area contributed by atoms with Gasteiger partial charge in [-0.15, -0.1) is 0 Å². The second kappa shape index (κ2) is 7.50. The Labute approximate surface area is 155 Å². The summed E-state index contributed by atoms with van der Waals surface area (Å²) in [5, 5.41) is 3.15. The number of nitrogens with zero attached hydrogens (tertiary/aromatic N) is 1. The van der Waals surface area contributed by atoms with Crippen LogP contribution in [-0.4, -0.2) is 36.5 Å². The quantitative estimate of drug-likeness (QED) is 0.921. The van der Waals surface area contributed by atoms with Crippen molar-refractivity contribution in [3.8, 4) is 5.75 Å². The average molecular weight is 350 g/mol. The number of benzene rings is 2. The highest BCUT2D eigenvalue weighted by molar-refractivity contribution is 5.94. The summed E-state index contributed by atoms with van der Waals surface area (Å²) >= 11 is 0. The minimum Gasteiger partial charge on any atom is -0.493 e. The molecule has 4 nitrogen and oxygen atoms in total. The molecule has 0 spiro atoms. The first-order valence-corrected chi connectivity index (χ1v) is 9.55. The monoisotopic (exact) mass is 350 g/mol. The van der Waals surface area contributed by atoms with Crippen molar-refractivity contribution in [3.05, 3.63) is 64.7 Å². The van der Waals surface area contributed by atoms with Gasteiger partial charge < -0.3 is 10.1 Å². The van der Waals surface area contributed by atoms with Crippen LogP contribution in [0.4, 0.5) is 0 Å². The largest absolute Gasteiger partial charge is 0.493 e. The van der Waals surface area contributed by atoms with Gasteiger partial charge in [0.05, 0.1) is 6.61 Å². The third-order valence-corrected chi connectivity index (χ3v) is 5.29. The van der Waals surface area contributed by atoms with Gasteiger partial charge in [-0.3, -0.25) is 9.69 Å². The van der Waals surface area contributed by atoms with Gasteiger partial charge in [-0.2, -0.15) is 0 Å². The van der Waals surface area contributed by atoms with Gasteiger partial charge in [0.15, 0.2) is 0 Å². The molecular formula is C22H26N2O2. The first kappa shape index (κ1) is 17.1. The summed E-state index contributed by atoms with van der Waals surface area (Å²) in [6, 6.07) is 14.5. The number of rotatable bonds is 4. The minimum atomic E-state index is 0.00304. The van der Waals surface area contributed by atoms with Gasteiger partial charge in [-0.25, -0.2) is 0 Å². The summed E-state index contributed by atoms with van der Waals surface area (Å²) in [6.07, 6.45) is 3.09. The van der Waals surface area contributed by atoms with Crippen LogP contribution in [0.25, 0.3) is 0 Å². The number of fused-ring (bicyclic) bond motifs is 2. The summed E-state index contributed by atoms with van der Waals surface area (Å²) in [5.74, 6) is 0.927. The zero-order valence-corrected chi connectivity index (χ0v) is 15.3. The Bertz CT molecular complexity index is 802. The lowest BCUT2D eigenvalue weighted by atomic mass is 9.99. The van der Waals surface area contributed by atoms with Gasteiger partial charge in [-0.05, 0) is 61.1 Å². The lowest BCUT2D eigenvalue weighted by Gasteiger charge is -2.31. The molecule has 0 saturated carbocycles. The summed E-state index contributed by atoms with van der Waals surface area (Å²) in [6.45, 7) is 5.74. The van der Waals surface area contributed by atoms with Gasteiger partial charge in [0.25, 0.3) is 5.91 Å². The summed E-state index contributed by atoms with van der Waals surface area (Å²) < 4.78 is 5.63. The smallest absolute Gasteiger partial charge is 0.251 e. The molecule has 2 heterocycles. The number of hydrogen-bond acceptors (Lipinski definition) is 3. The molecule has 0 radical (unpaired) electrons. The fourth-order valence-corrected chi connectivity index (χ4v) is 3.95. The molecule has 4 rings (SSSR count). The standard InChI is InChI=1S/C22H26N2O2/c1-16(14-24-11-10-17-5-2-3-6-20(17)15-24)23-22(25)19-8-9-21-18(13-19)7-4-12-26-21/h2-3,5-6,8-9,13,16H,4,7,10-12,14-15H2,1H3,(H,23,25)/t16-/m1/s1. The lowest BCUT2D eigenvalue weighted by molar-refractivity contribution is 0.0927. The van der Waals surface area contributed by atoms with E-state index in [0.717, 1.165) is 62.4 Å². The highest BCUT2D eigenvalue weighted by atomic mass is 16.5. The van der Waals surface area contributed by atoms with Gasteiger partial charge >= 0.3 is 0 Å². The van der Waals surface area contributed by atoms with Crippen molar-refractivity contribution in [2.24, 2.45) is 0 Å². The number of carbonyl (C=O) groups excluding carboxylic acids is 1. The Balaban J connectivity index is 1.35. The maximum absolute atomic E-state index is 12.6. The molecule has 0 aliphatic carbocycles. The molecule has 26 heavy (non-hydrogen) atoms. The van der Waals surface area contributed by atoms with Crippen LogP contribution in [0.15, 0.2) is 42.5 Å². The van der Waals surface area contributed by atoms with E-state index in [0.29, 0.717) is 0 Å². The lowest BCUT2D eigenvalue weighted by Crippen LogP contribution is -2.43. The molecule has 136 valence electrons. The average Bonchev–Trinajstić information content (AvgIpc) is 2.67. The molecule has 2 aliphatic heterocycles. The number of aryl methyl sites for hydroxylation is 1. The van der Waals surface area contributed by atoms with Crippen LogP contribution in [0.3, 0.4) is 0 Å². The Morgan fingerprint density at radius 2 is 2.00 bits per heavy atom. The van der Waals surface area contributed by atoms with Gasteiger partial charge in [0.1, 0.15) is 5.75 Å². The number of nitrogens with one attached hydrogen (secondary N) is 1. The molecule has 4 heteroatoms. The zero-order valence-electron chi connectivity index (χ0n) is 15.3. The molecule has 1 N–H and O–H groups in total. The van der Waals surface area contributed by atoms with E-state index >= 15 is 0 Å². The summed E-state index contributed by atoms with van der Waals surface area (Å²) in [7, 11) is 0. The van der Waals surface area contributed by atoms with Crippen LogP contribution in [0, 0.1) is 0 Å². The van der Waals surface area contributed by atoms with E-state index in [1.54, 1.807) is 0 Å². The van der Waals surface area contributed by atoms with Crippen molar-refractivity contribution in [3.63, 3.8) is 0 Å². The van der Waals surface area contributed by atoms with E-state index in [4.69, 9.17) is 4.74 Å². The molecule has 1 atom stereocenters. The van der Waals surface area contributed by atoms with Crippen LogP contribution in [-0.2, 0) is 19.4 Å². The maximum atomic E-state index is 12.6. The number of ether oxygens (including phenoxy) is 1. The molecule has 2 aromatic rings. The van der Waals surface area contributed by atoms with Gasteiger partial charge in [-0.1, -0.05) is 24.3 Å². The second-order valence-corrected chi connectivity index (χ2v) is 7.40. The van der Waals surface area contributed by atoms with Gasteiger partial charge in [0.2, 0.25) is 0 Å². The summed E-state index contributed by atoms with van der Waals surface area (Å²) in [5.41, 5.74) is 4.73. The first-order chi connectivity index (χ1) is 12.7. The van der Waals surface area contributed by atoms with Crippen molar-refractivity contribution >= 4 is 5.91 Å². The van der Waals surface area contributed by atoms with Crippen molar-refractivity contribution in [1.29, 1.82) is 0 Å². The van der Waals surface area contributed by atoms with Crippen molar-refractivity contribution in [2.45, 2.75) is 38.8 Å². The van der Waals surface area contributed by atoms with E-state index in [1.807, 2.05) is 18.2 Å². The van der Waals surface area contributed by atoms with E-state index in [-0.39, 0.29) is 11.9 Å². The predicted molar refractivity (Wildman–Crippen MR) is 103 cm³/mol. The molecule has 1 amide bonds. The fourth-order valence-electron chi connectivity index (χ4n) is 3.95. The number of carbonyl (C=O) groups is 1. The Morgan fingerprint density at radius 3 is 2.88 bits per heavy atom. The second-order valence-electron chi connectivity index (χ2n) is 7.40. The van der Waals surface area contributed by atoms with Crippen LogP contribution in [0.2, 0.25) is 0 Å². The third kappa shape index (κ3) is 3.75. The molecule has 0 saturated heterocycles. The molecule has 2 aromatic carbocycles. The first-order valence-electron chi connectivity index (χ1n) is 9.55. The zero-order chi connectivity index (χ0) is 17.9. The van der Waals surface area contributed by atoms with E-state index in [9.17, 15) is 4.79 Å². The van der Waals surface area contributed by atoms with Gasteiger partial charge in [0, 0.05) is 31.2 Å². The van der Waals surface area contributed by atoms with Crippen LogP contribution >= 0.6 is 0 Å². The molecule has 2 aliphatic rings.